The Balaban J connectivity index is 2.08. The van der Waals surface area contributed by atoms with Crippen molar-refractivity contribution in [2.75, 3.05) is 5.73 Å². The second-order valence-corrected chi connectivity index (χ2v) is 5.80. The van der Waals surface area contributed by atoms with Crippen LogP contribution in [0.4, 0.5) is 5.69 Å². The van der Waals surface area contributed by atoms with Crippen LogP contribution in [-0.2, 0) is 6.54 Å². The second kappa shape index (κ2) is 6.22. The molecular formula is C19H23N3. The molecule has 0 saturated heterocycles. The van der Waals surface area contributed by atoms with E-state index in [9.17, 15) is 0 Å². The number of hydrogen-bond acceptors (Lipinski definition) is 2. The lowest BCUT2D eigenvalue weighted by Crippen LogP contribution is -2.09. The number of anilines is 1. The molecule has 3 heteroatoms. The molecule has 0 aliphatic heterocycles. The van der Waals surface area contributed by atoms with Gasteiger partial charge >= 0.3 is 0 Å². The normalized spacial score (nSPS) is 11.4. The zero-order valence-electron chi connectivity index (χ0n) is 13.3. The predicted octanol–water partition coefficient (Wildman–Crippen LogP) is 4.57. The number of imidazole rings is 1. The van der Waals surface area contributed by atoms with Crippen LogP contribution in [0.5, 0.6) is 0 Å². The van der Waals surface area contributed by atoms with Crippen LogP contribution in [0.3, 0.4) is 0 Å². The van der Waals surface area contributed by atoms with Crippen LogP contribution >= 0.6 is 0 Å². The van der Waals surface area contributed by atoms with Crippen LogP contribution in [0.25, 0.3) is 11.0 Å². The third-order valence-electron chi connectivity index (χ3n) is 4.36. The Hall–Kier alpha value is -2.29. The van der Waals surface area contributed by atoms with E-state index >= 15 is 0 Å². The minimum absolute atomic E-state index is 0.501. The van der Waals surface area contributed by atoms with Gasteiger partial charge in [-0.05, 0) is 42.7 Å². The van der Waals surface area contributed by atoms with Crippen molar-refractivity contribution < 1.29 is 0 Å². The third kappa shape index (κ3) is 2.71. The van der Waals surface area contributed by atoms with Gasteiger partial charge in [0.15, 0.2) is 0 Å². The quantitative estimate of drug-likeness (QED) is 0.700. The van der Waals surface area contributed by atoms with E-state index in [1.807, 2.05) is 12.1 Å². The van der Waals surface area contributed by atoms with Crippen molar-refractivity contribution >= 4 is 16.7 Å². The lowest BCUT2D eigenvalue weighted by Gasteiger charge is -2.16. The molecule has 0 unspecified atom stereocenters. The van der Waals surface area contributed by atoms with Crippen molar-refractivity contribution in [1.82, 2.24) is 9.55 Å². The summed E-state index contributed by atoms with van der Waals surface area (Å²) in [5.74, 6) is 1.70. The maximum atomic E-state index is 5.79. The maximum absolute atomic E-state index is 5.79. The predicted molar refractivity (Wildman–Crippen MR) is 93.0 cm³/mol. The van der Waals surface area contributed by atoms with Gasteiger partial charge in [-0.3, -0.25) is 0 Å². The SMILES string of the molecule is CCC(CC)c1nc2ccccc2n1Cc1ccc(N)cc1. The molecule has 0 spiro atoms. The van der Waals surface area contributed by atoms with Gasteiger partial charge in [0, 0.05) is 18.2 Å². The highest BCUT2D eigenvalue weighted by Crippen LogP contribution is 2.27. The molecule has 2 N–H and O–H groups in total. The zero-order valence-corrected chi connectivity index (χ0v) is 13.3. The van der Waals surface area contributed by atoms with E-state index in [4.69, 9.17) is 10.7 Å². The molecule has 1 heterocycles. The number of fused-ring (bicyclic) bond motifs is 1. The van der Waals surface area contributed by atoms with Crippen LogP contribution < -0.4 is 5.73 Å². The first kappa shape index (κ1) is 14.6. The monoisotopic (exact) mass is 293 g/mol. The molecule has 0 fully saturated rings. The van der Waals surface area contributed by atoms with Gasteiger partial charge in [0.2, 0.25) is 0 Å². The van der Waals surface area contributed by atoms with E-state index in [1.165, 1.54) is 16.9 Å². The van der Waals surface area contributed by atoms with Gasteiger partial charge in [-0.1, -0.05) is 38.1 Å². The largest absolute Gasteiger partial charge is 0.399 e. The average molecular weight is 293 g/mol. The number of para-hydroxylation sites is 2. The summed E-state index contributed by atoms with van der Waals surface area (Å²) in [5.41, 5.74) is 10.1. The Morgan fingerprint density at radius 3 is 2.36 bits per heavy atom. The molecule has 22 heavy (non-hydrogen) atoms. The van der Waals surface area contributed by atoms with E-state index in [1.54, 1.807) is 0 Å². The number of nitrogen functional groups attached to an aromatic ring is 1. The van der Waals surface area contributed by atoms with Gasteiger partial charge in [-0.15, -0.1) is 0 Å². The molecule has 0 atom stereocenters. The van der Waals surface area contributed by atoms with Gasteiger partial charge < -0.3 is 10.3 Å². The molecule has 3 aromatic rings. The number of aromatic nitrogens is 2. The third-order valence-corrected chi connectivity index (χ3v) is 4.36. The Bertz CT molecular complexity index is 752. The Kier molecular flexibility index (Phi) is 4.14. The van der Waals surface area contributed by atoms with Crippen molar-refractivity contribution in [3.05, 3.63) is 59.9 Å². The fraction of sp³-hybridized carbons (Fsp3) is 0.316. The molecule has 1 aromatic heterocycles. The van der Waals surface area contributed by atoms with Gasteiger partial charge in [0.1, 0.15) is 5.82 Å². The lowest BCUT2D eigenvalue weighted by atomic mass is 10.0. The molecule has 0 aliphatic rings. The summed E-state index contributed by atoms with van der Waals surface area (Å²) >= 11 is 0. The fourth-order valence-corrected chi connectivity index (χ4v) is 3.03. The summed E-state index contributed by atoms with van der Waals surface area (Å²) in [7, 11) is 0. The minimum Gasteiger partial charge on any atom is -0.399 e. The number of benzene rings is 2. The maximum Gasteiger partial charge on any atom is 0.113 e. The zero-order chi connectivity index (χ0) is 15.5. The highest BCUT2D eigenvalue weighted by molar-refractivity contribution is 5.76. The number of nitrogens with zero attached hydrogens (tertiary/aromatic N) is 2. The van der Waals surface area contributed by atoms with Crippen LogP contribution in [0.2, 0.25) is 0 Å². The molecule has 0 bridgehead atoms. The Labute approximate surface area is 131 Å². The minimum atomic E-state index is 0.501. The van der Waals surface area contributed by atoms with Crippen molar-refractivity contribution in [2.24, 2.45) is 0 Å². The van der Waals surface area contributed by atoms with Crippen LogP contribution in [0, 0.1) is 0 Å². The average Bonchev–Trinajstić information content (AvgIpc) is 2.90. The van der Waals surface area contributed by atoms with Crippen molar-refractivity contribution in [2.45, 2.75) is 39.2 Å². The summed E-state index contributed by atoms with van der Waals surface area (Å²) in [5, 5.41) is 0. The highest BCUT2D eigenvalue weighted by atomic mass is 15.1. The highest BCUT2D eigenvalue weighted by Gasteiger charge is 2.17. The van der Waals surface area contributed by atoms with Crippen molar-refractivity contribution in [3.8, 4) is 0 Å². The molecule has 2 aromatic carbocycles. The Morgan fingerprint density at radius 2 is 1.68 bits per heavy atom. The van der Waals surface area contributed by atoms with Crippen LogP contribution in [0.15, 0.2) is 48.5 Å². The molecule has 3 nitrogen and oxygen atoms in total. The molecule has 0 radical (unpaired) electrons. The summed E-state index contributed by atoms with van der Waals surface area (Å²) in [6.45, 7) is 5.31. The number of nitrogens with two attached hydrogens (primary N) is 1. The topological polar surface area (TPSA) is 43.8 Å². The van der Waals surface area contributed by atoms with Crippen LogP contribution in [-0.4, -0.2) is 9.55 Å². The first-order chi connectivity index (χ1) is 10.7. The van der Waals surface area contributed by atoms with Crippen molar-refractivity contribution in [3.63, 3.8) is 0 Å². The smallest absolute Gasteiger partial charge is 0.113 e. The first-order valence-electron chi connectivity index (χ1n) is 8.02. The van der Waals surface area contributed by atoms with Gasteiger partial charge in [0.25, 0.3) is 0 Å². The molecule has 0 amide bonds. The summed E-state index contributed by atoms with van der Waals surface area (Å²) < 4.78 is 2.36. The number of hydrogen-bond donors (Lipinski definition) is 1. The van der Waals surface area contributed by atoms with E-state index < -0.39 is 0 Å². The Morgan fingerprint density at radius 1 is 1.00 bits per heavy atom. The van der Waals surface area contributed by atoms with E-state index in [0.717, 1.165) is 30.6 Å². The summed E-state index contributed by atoms with van der Waals surface area (Å²) in [4.78, 5) is 4.91. The second-order valence-electron chi connectivity index (χ2n) is 5.80. The van der Waals surface area contributed by atoms with E-state index in [2.05, 4.69) is 54.8 Å². The molecule has 114 valence electrons. The van der Waals surface area contributed by atoms with Gasteiger partial charge in [-0.25, -0.2) is 4.98 Å². The standard InChI is InChI=1S/C19H23N3/c1-3-15(4-2)19-21-17-7-5-6-8-18(17)22(19)13-14-9-11-16(20)12-10-14/h5-12,15H,3-4,13,20H2,1-2H3. The number of rotatable bonds is 5. The molecule has 3 rings (SSSR count). The molecule has 0 aliphatic carbocycles. The molecular weight excluding hydrogens is 270 g/mol. The van der Waals surface area contributed by atoms with E-state index in [0.29, 0.717) is 5.92 Å². The van der Waals surface area contributed by atoms with Gasteiger partial charge in [0.05, 0.1) is 11.0 Å². The lowest BCUT2D eigenvalue weighted by molar-refractivity contribution is 0.570. The fourth-order valence-electron chi connectivity index (χ4n) is 3.03. The van der Waals surface area contributed by atoms with E-state index in [-0.39, 0.29) is 0 Å². The molecule has 0 saturated carbocycles. The summed E-state index contributed by atoms with van der Waals surface area (Å²) in [6, 6.07) is 16.5. The van der Waals surface area contributed by atoms with Crippen molar-refractivity contribution in [1.29, 1.82) is 0 Å². The summed E-state index contributed by atoms with van der Waals surface area (Å²) in [6.07, 6.45) is 2.23. The first-order valence-corrected chi connectivity index (χ1v) is 8.02. The van der Waals surface area contributed by atoms with Gasteiger partial charge in [-0.2, -0.15) is 0 Å². The van der Waals surface area contributed by atoms with Crippen LogP contribution in [0.1, 0.15) is 44.0 Å².